The van der Waals surface area contributed by atoms with Crippen LogP contribution in [0.5, 0.6) is 17.2 Å². The maximum Gasteiger partial charge on any atom is 0.340 e. The molecule has 0 unspecified atom stereocenters. The predicted molar refractivity (Wildman–Crippen MR) is 101 cm³/mol. The van der Waals surface area contributed by atoms with Crippen molar-refractivity contribution in [3.05, 3.63) is 42.0 Å². The highest BCUT2D eigenvalue weighted by atomic mass is 32.2. The smallest absolute Gasteiger partial charge is 0.340 e. The fourth-order valence-electron chi connectivity index (χ4n) is 2.49. The molecule has 0 radical (unpaired) electrons. The van der Waals surface area contributed by atoms with Gasteiger partial charge in [0.25, 0.3) is 0 Å². The fourth-order valence-corrected chi connectivity index (χ4v) is 3.21. The SMILES string of the molecule is COC(=O)c1cc(OC)ccc1NC(=O)CSc1ccc2c(c1)OCCO2. The summed E-state index contributed by atoms with van der Waals surface area (Å²) in [5, 5.41) is 2.74. The molecule has 0 aliphatic carbocycles. The molecule has 2 aromatic carbocycles. The van der Waals surface area contributed by atoms with Gasteiger partial charge in [0.05, 0.1) is 31.2 Å². The highest BCUT2D eigenvalue weighted by Crippen LogP contribution is 2.34. The number of hydrogen-bond acceptors (Lipinski definition) is 7. The Morgan fingerprint density at radius 2 is 1.85 bits per heavy atom. The Bertz CT molecular complexity index is 854. The summed E-state index contributed by atoms with van der Waals surface area (Å²) in [6.07, 6.45) is 0. The molecule has 0 fully saturated rings. The molecule has 3 rings (SSSR count). The molecule has 142 valence electrons. The fraction of sp³-hybridized carbons (Fsp3) is 0.263. The van der Waals surface area contributed by atoms with Gasteiger partial charge in [-0.1, -0.05) is 0 Å². The molecule has 1 heterocycles. The van der Waals surface area contributed by atoms with E-state index in [1.807, 2.05) is 18.2 Å². The molecule has 1 amide bonds. The van der Waals surface area contributed by atoms with Crippen molar-refractivity contribution in [3.8, 4) is 17.2 Å². The molecule has 0 saturated carbocycles. The number of fused-ring (bicyclic) bond motifs is 1. The second-order valence-electron chi connectivity index (χ2n) is 5.55. The Morgan fingerprint density at radius 1 is 1.07 bits per heavy atom. The van der Waals surface area contributed by atoms with Crippen molar-refractivity contribution in [2.24, 2.45) is 0 Å². The lowest BCUT2D eigenvalue weighted by molar-refractivity contribution is -0.113. The molecule has 8 heteroatoms. The van der Waals surface area contributed by atoms with Crippen LogP contribution in [0.1, 0.15) is 10.4 Å². The van der Waals surface area contributed by atoms with Gasteiger partial charge in [0.15, 0.2) is 11.5 Å². The van der Waals surface area contributed by atoms with Gasteiger partial charge < -0.3 is 24.3 Å². The van der Waals surface area contributed by atoms with E-state index in [0.29, 0.717) is 36.1 Å². The summed E-state index contributed by atoms with van der Waals surface area (Å²) in [4.78, 5) is 25.1. The number of rotatable bonds is 6. The number of methoxy groups -OCH3 is 2. The number of nitrogens with one attached hydrogen (secondary N) is 1. The van der Waals surface area contributed by atoms with E-state index >= 15 is 0 Å². The molecule has 2 aromatic rings. The van der Waals surface area contributed by atoms with E-state index in [9.17, 15) is 9.59 Å². The summed E-state index contributed by atoms with van der Waals surface area (Å²) in [5.74, 6) is 1.26. The minimum absolute atomic E-state index is 0.173. The average molecular weight is 389 g/mol. The Kier molecular flexibility index (Phi) is 6.08. The van der Waals surface area contributed by atoms with E-state index in [0.717, 1.165) is 4.90 Å². The quantitative estimate of drug-likeness (QED) is 0.601. The molecule has 0 spiro atoms. The van der Waals surface area contributed by atoms with Crippen LogP contribution in [0, 0.1) is 0 Å². The molecule has 1 aliphatic rings. The van der Waals surface area contributed by atoms with Crippen molar-refractivity contribution >= 4 is 29.3 Å². The first-order valence-corrected chi connectivity index (χ1v) is 9.18. The number of ether oxygens (including phenoxy) is 4. The second kappa shape index (κ2) is 8.68. The first-order chi connectivity index (χ1) is 13.1. The van der Waals surface area contributed by atoms with E-state index in [2.05, 4.69) is 5.32 Å². The zero-order valence-corrected chi connectivity index (χ0v) is 15.8. The monoisotopic (exact) mass is 389 g/mol. The van der Waals surface area contributed by atoms with Crippen LogP contribution in [0.4, 0.5) is 5.69 Å². The van der Waals surface area contributed by atoms with Gasteiger partial charge in [-0.15, -0.1) is 11.8 Å². The lowest BCUT2D eigenvalue weighted by Gasteiger charge is -2.18. The second-order valence-corrected chi connectivity index (χ2v) is 6.59. The Morgan fingerprint density at radius 3 is 2.59 bits per heavy atom. The molecule has 0 aromatic heterocycles. The van der Waals surface area contributed by atoms with Gasteiger partial charge in [-0.05, 0) is 36.4 Å². The lowest BCUT2D eigenvalue weighted by atomic mass is 10.1. The third-order valence-corrected chi connectivity index (χ3v) is 4.78. The summed E-state index contributed by atoms with van der Waals surface area (Å²) in [6.45, 7) is 1.04. The van der Waals surface area contributed by atoms with E-state index in [-0.39, 0.29) is 17.2 Å². The summed E-state index contributed by atoms with van der Waals surface area (Å²) in [7, 11) is 2.78. The van der Waals surface area contributed by atoms with E-state index in [1.54, 1.807) is 12.1 Å². The van der Waals surface area contributed by atoms with E-state index in [1.165, 1.54) is 32.0 Å². The van der Waals surface area contributed by atoms with E-state index < -0.39 is 5.97 Å². The summed E-state index contributed by atoms with van der Waals surface area (Å²) < 4.78 is 20.9. The number of amides is 1. The molecular weight excluding hydrogens is 370 g/mol. The van der Waals surface area contributed by atoms with Gasteiger partial charge in [-0.25, -0.2) is 4.79 Å². The molecular formula is C19H19NO6S. The molecule has 0 saturated heterocycles. The first-order valence-electron chi connectivity index (χ1n) is 8.19. The van der Waals surface area contributed by atoms with Crippen molar-refractivity contribution < 1.29 is 28.5 Å². The topological polar surface area (TPSA) is 83.1 Å². The van der Waals surface area contributed by atoms with E-state index in [4.69, 9.17) is 18.9 Å². The lowest BCUT2D eigenvalue weighted by Crippen LogP contribution is -2.17. The number of hydrogen-bond donors (Lipinski definition) is 1. The third kappa shape index (κ3) is 4.65. The van der Waals surface area contributed by atoms with Crippen LogP contribution in [0.25, 0.3) is 0 Å². The first kappa shape index (κ1) is 18.9. The molecule has 0 bridgehead atoms. The van der Waals surface area contributed by atoms with Crippen LogP contribution >= 0.6 is 11.8 Å². The molecule has 27 heavy (non-hydrogen) atoms. The number of thioether (sulfide) groups is 1. The van der Waals surface area contributed by atoms with Crippen molar-refractivity contribution in [1.82, 2.24) is 0 Å². The van der Waals surface area contributed by atoms with Crippen LogP contribution in [-0.2, 0) is 9.53 Å². The van der Waals surface area contributed by atoms with Gasteiger partial charge in [0.1, 0.15) is 19.0 Å². The highest BCUT2D eigenvalue weighted by molar-refractivity contribution is 8.00. The van der Waals surface area contributed by atoms with Crippen LogP contribution in [-0.4, -0.2) is 45.1 Å². The zero-order valence-electron chi connectivity index (χ0n) is 14.9. The number of anilines is 1. The maximum absolute atomic E-state index is 12.3. The third-order valence-electron chi connectivity index (χ3n) is 3.79. The van der Waals surface area contributed by atoms with Crippen LogP contribution in [0.15, 0.2) is 41.3 Å². The summed E-state index contributed by atoms with van der Waals surface area (Å²) in [5.41, 5.74) is 0.602. The van der Waals surface area contributed by atoms with Crippen LogP contribution in [0.2, 0.25) is 0 Å². The zero-order chi connectivity index (χ0) is 19.2. The molecule has 0 atom stereocenters. The van der Waals surface area contributed by atoms with Crippen LogP contribution in [0.3, 0.4) is 0 Å². The van der Waals surface area contributed by atoms with Crippen molar-refractivity contribution in [3.63, 3.8) is 0 Å². The van der Waals surface area contributed by atoms with Gasteiger partial charge in [0.2, 0.25) is 5.91 Å². The summed E-state index contributed by atoms with van der Waals surface area (Å²) in [6, 6.07) is 10.3. The number of esters is 1. The van der Waals surface area contributed by atoms with Gasteiger partial charge >= 0.3 is 5.97 Å². The van der Waals surface area contributed by atoms with Crippen molar-refractivity contribution in [1.29, 1.82) is 0 Å². The van der Waals surface area contributed by atoms with Gasteiger partial charge in [-0.2, -0.15) is 0 Å². The summed E-state index contributed by atoms with van der Waals surface area (Å²) >= 11 is 1.36. The van der Waals surface area contributed by atoms with Gasteiger partial charge in [-0.3, -0.25) is 4.79 Å². The van der Waals surface area contributed by atoms with Crippen LogP contribution < -0.4 is 19.5 Å². The maximum atomic E-state index is 12.3. The molecule has 1 aliphatic heterocycles. The standard InChI is InChI=1S/C19H19NO6S/c1-23-12-3-5-15(14(9-12)19(22)24-2)20-18(21)11-27-13-4-6-16-17(10-13)26-8-7-25-16/h3-6,9-10H,7-8,11H2,1-2H3,(H,20,21). The number of carbonyl (C=O) groups excluding carboxylic acids is 2. The number of benzene rings is 2. The van der Waals surface area contributed by atoms with Gasteiger partial charge in [0, 0.05) is 4.90 Å². The predicted octanol–water partition coefficient (Wildman–Crippen LogP) is 2.98. The molecule has 7 nitrogen and oxygen atoms in total. The Hall–Kier alpha value is -2.87. The highest BCUT2D eigenvalue weighted by Gasteiger charge is 2.16. The minimum Gasteiger partial charge on any atom is -0.497 e. The van der Waals surface area contributed by atoms with Crippen molar-refractivity contribution in [2.45, 2.75) is 4.90 Å². The van der Waals surface area contributed by atoms with Crippen molar-refractivity contribution in [2.75, 3.05) is 38.5 Å². The normalized spacial score (nSPS) is 12.2. The average Bonchev–Trinajstić information content (AvgIpc) is 2.71. The Labute approximate surface area is 160 Å². The number of carbonyl (C=O) groups is 2. The largest absolute Gasteiger partial charge is 0.497 e. The minimum atomic E-state index is -0.552. The molecule has 1 N–H and O–H groups in total. The Balaban J connectivity index is 1.65.